The number of ether oxygens (including phenoxy) is 1. The largest absolute Gasteiger partial charge is 0.474 e. The van der Waals surface area contributed by atoms with E-state index in [9.17, 15) is 0 Å². The lowest BCUT2D eigenvalue weighted by atomic mass is 10.3. The maximum atomic E-state index is 5.81. The van der Waals surface area contributed by atoms with E-state index < -0.39 is 0 Å². The molecule has 1 fully saturated rings. The minimum atomic E-state index is 0.323. The molecule has 1 aliphatic carbocycles. The number of nitrogens with zero attached hydrogens (tertiary/aromatic N) is 2. The van der Waals surface area contributed by atoms with Gasteiger partial charge in [0.2, 0.25) is 5.88 Å². The second-order valence-electron chi connectivity index (χ2n) is 4.32. The van der Waals surface area contributed by atoms with E-state index in [1.807, 2.05) is 0 Å². The lowest BCUT2D eigenvalue weighted by Crippen LogP contribution is -2.13. The van der Waals surface area contributed by atoms with Crippen molar-refractivity contribution < 1.29 is 4.74 Å². The first kappa shape index (κ1) is 11.2. The third-order valence-corrected chi connectivity index (χ3v) is 2.83. The Morgan fingerprint density at radius 1 is 1.38 bits per heavy atom. The van der Waals surface area contributed by atoms with Crippen LogP contribution < -0.4 is 10.5 Å². The Hall–Kier alpha value is -1.32. The lowest BCUT2D eigenvalue weighted by molar-refractivity contribution is 0.200. The van der Waals surface area contributed by atoms with Crippen LogP contribution in [0.1, 0.15) is 44.9 Å². The number of aromatic nitrogens is 2. The highest BCUT2D eigenvalue weighted by molar-refractivity contribution is 5.33. The van der Waals surface area contributed by atoms with Crippen LogP contribution in [0.4, 0.5) is 5.82 Å². The lowest BCUT2D eigenvalue weighted by Gasteiger charge is -2.12. The normalized spacial score (nSPS) is 16.6. The Bertz CT molecular complexity index is 348. The number of aryl methyl sites for hydroxylation is 1. The van der Waals surface area contributed by atoms with Crippen molar-refractivity contribution in [2.24, 2.45) is 0 Å². The molecule has 0 aliphatic heterocycles. The van der Waals surface area contributed by atoms with Gasteiger partial charge in [0.15, 0.2) is 0 Å². The third-order valence-electron chi connectivity index (χ3n) is 2.83. The van der Waals surface area contributed by atoms with E-state index in [1.54, 1.807) is 6.07 Å². The number of hydrogen-bond donors (Lipinski definition) is 1. The molecular formula is C12H19N3O. The molecule has 0 amide bonds. The molecule has 1 heterocycles. The minimum absolute atomic E-state index is 0.323. The van der Waals surface area contributed by atoms with Crippen LogP contribution in [0.3, 0.4) is 0 Å². The standard InChI is InChI=1S/C12H19N3O/c1-2-5-11-14-10(13)8-12(15-11)16-9-6-3-4-7-9/h8-9H,2-7H2,1H3,(H2,13,14,15). The van der Waals surface area contributed by atoms with Gasteiger partial charge in [-0.1, -0.05) is 6.92 Å². The summed E-state index contributed by atoms with van der Waals surface area (Å²) in [6, 6.07) is 1.72. The number of anilines is 1. The molecule has 0 aromatic carbocycles. The predicted octanol–water partition coefficient (Wildman–Crippen LogP) is 2.33. The van der Waals surface area contributed by atoms with Gasteiger partial charge >= 0.3 is 0 Å². The van der Waals surface area contributed by atoms with Crippen LogP contribution in [-0.4, -0.2) is 16.1 Å². The van der Waals surface area contributed by atoms with Gasteiger partial charge in [0.1, 0.15) is 17.7 Å². The van der Waals surface area contributed by atoms with Gasteiger partial charge in [-0.15, -0.1) is 0 Å². The van der Waals surface area contributed by atoms with Gasteiger partial charge in [0.25, 0.3) is 0 Å². The van der Waals surface area contributed by atoms with Crippen LogP contribution in [0, 0.1) is 0 Å². The van der Waals surface area contributed by atoms with Crippen molar-refractivity contribution in [3.63, 3.8) is 0 Å². The van der Waals surface area contributed by atoms with Crippen molar-refractivity contribution in [3.05, 3.63) is 11.9 Å². The number of rotatable bonds is 4. The van der Waals surface area contributed by atoms with Crippen molar-refractivity contribution in [3.8, 4) is 5.88 Å². The van der Waals surface area contributed by atoms with Crippen LogP contribution in [0.2, 0.25) is 0 Å². The maximum absolute atomic E-state index is 5.81. The molecule has 0 unspecified atom stereocenters. The van der Waals surface area contributed by atoms with Gasteiger partial charge in [-0.2, -0.15) is 4.98 Å². The van der Waals surface area contributed by atoms with Crippen LogP contribution >= 0.6 is 0 Å². The average Bonchev–Trinajstić information content (AvgIpc) is 2.70. The fourth-order valence-electron chi connectivity index (χ4n) is 2.07. The average molecular weight is 221 g/mol. The Kier molecular flexibility index (Phi) is 3.59. The summed E-state index contributed by atoms with van der Waals surface area (Å²) >= 11 is 0. The zero-order chi connectivity index (χ0) is 11.4. The zero-order valence-electron chi connectivity index (χ0n) is 9.78. The topological polar surface area (TPSA) is 61.0 Å². The van der Waals surface area contributed by atoms with Gasteiger partial charge in [0.05, 0.1) is 0 Å². The van der Waals surface area contributed by atoms with Crippen LogP contribution in [-0.2, 0) is 6.42 Å². The van der Waals surface area contributed by atoms with E-state index in [4.69, 9.17) is 10.5 Å². The molecule has 1 aliphatic rings. The van der Waals surface area contributed by atoms with Crippen molar-refractivity contribution in [1.82, 2.24) is 9.97 Å². The molecule has 0 radical (unpaired) electrons. The molecule has 4 nitrogen and oxygen atoms in total. The summed E-state index contributed by atoms with van der Waals surface area (Å²) in [5, 5.41) is 0. The zero-order valence-corrected chi connectivity index (χ0v) is 9.78. The van der Waals surface area contributed by atoms with E-state index in [-0.39, 0.29) is 0 Å². The first-order valence-electron chi connectivity index (χ1n) is 6.08. The van der Waals surface area contributed by atoms with Crippen LogP contribution in [0.25, 0.3) is 0 Å². The second-order valence-corrected chi connectivity index (χ2v) is 4.32. The summed E-state index contributed by atoms with van der Waals surface area (Å²) in [5.41, 5.74) is 5.73. The minimum Gasteiger partial charge on any atom is -0.474 e. The number of nitrogen functional groups attached to an aromatic ring is 1. The fourth-order valence-corrected chi connectivity index (χ4v) is 2.07. The molecule has 88 valence electrons. The van der Waals surface area contributed by atoms with E-state index >= 15 is 0 Å². The summed E-state index contributed by atoms with van der Waals surface area (Å²) < 4.78 is 5.81. The first-order valence-corrected chi connectivity index (χ1v) is 6.08. The Morgan fingerprint density at radius 2 is 2.12 bits per heavy atom. The predicted molar refractivity (Wildman–Crippen MR) is 63.3 cm³/mol. The Labute approximate surface area is 96.2 Å². The van der Waals surface area contributed by atoms with E-state index in [1.165, 1.54) is 12.8 Å². The van der Waals surface area contributed by atoms with Crippen molar-refractivity contribution >= 4 is 5.82 Å². The highest BCUT2D eigenvalue weighted by atomic mass is 16.5. The molecule has 1 saturated carbocycles. The van der Waals surface area contributed by atoms with Gasteiger partial charge in [-0.3, -0.25) is 0 Å². The smallest absolute Gasteiger partial charge is 0.218 e. The molecular weight excluding hydrogens is 202 g/mol. The summed E-state index contributed by atoms with van der Waals surface area (Å²) in [6.07, 6.45) is 6.97. The van der Waals surface area contributed by atoms with Crippen molar-refractivity contribution in [2.45, 2.75) is 51.6 Å². The maximum Gasteiger partial charge on any atom is 0.218 e. The van der Waals surface area contributed by atoms with Gasteiger partial charge < -0.3 is 10.5 Å². The molecule has 2 N–H and O–H groups in total. The molecule has 2 rings (SSSR count). The molecule has 0 bridgehead atoms. The number of nitrogens with two attached hydrogens (primary N) is 1. The molecule has 1 aromatic rings. The summed E-state index contributed by atoms with van der Waals surface area (Å²) in [5.74, 6) is 1.93. The highest BCUT2D eigenvalue weighted by Crippen LogP contribution is 2.23. The quantitative estimate of drug-likeness (QED) is 0.847. The van der Waals surface area contributed by atoms with Crippen molar-refractivity contribution in [1.29, 1.82) is 0 Å². The second kappa shape index (κ2) is 5.14. The third kappa shape index (κ3) is 2.84. The molecule has 1 aromatic heterocycles. The summed E-state index contributed by atoms with van der Waals surface area (Å²) in [6.45, 7) is 2.10. The first-order chi connectivity index (χ1) is 7.78. The summed E-state index contributed by atoms with van der Waals surface area (Å²) in [4.78, 5) is 8.56. The molecule has 4 heteroatoms. The van der Waals surface area contributed by atoms with E-state index in [0.29, 0.717) is 17.8 Å². The van der Waals surface area contributed by atoms with E-state index in [0.717, 1.165) is 31.5 Å². The molecule has 0 atom stereocenters. The van der Waals surface area contributed by atoms with Crippen LogP contribution in [0.5, 0.6) is 5.88 Å². The summed E-state index contributed by atoms with van der Waals surface area (Å²) in [7, 11) is 0. The Balaban J connectivity index is 2.06. The fraction of sp³-hybridized carbons (Fsp3) is 0.667. The van der Waals surface area contributed by atoms with Gasteiger partial charge in [-0.25, -0.2) is 4.98 Å². The monoisotopic (exact) mass is 221 g/mol. The van der Waals surface area contributed by atoms with E-state index in [2.05, 4.69) is 16.9 Å². The van der Waals surface area contributed by atoms with Gasteiger partial charge in [-0.05, 0) is 32.1 Å². The number of hydrogen-bond acceptors (Lipinski definition) is 4. The SMILES string of the molecule is CCCc1nc(N)cc(OC2CCCC2)n1. The highest BCUT2D eigenvalue weighted by Gasteiger charge is 2.17. The Morgan fingerprint density at radius 3 is 2.81 bits per heavy atom. The van der Waals surface area contributed by atoms with Gasteiger partial charge in [0, 0.05) is 12.5 Å². The molecule has 16 heavy (non-hydrogen) atoms. The van der Waals surface area contributed by atoms with Crippen LogP contribution in [0.15, 0.2) is 6.07 Å². The molecule has 0 saturated heterocycles. The van der Waals surface area contributed by atoms with Crippen molar-refractivity contribution in [2.75, 3.05) is 5.73 Å². The molecule has 0 spiro atoms.